The van der Waals surface area contributed by atoms with Crippen molar-refractivity contribution in [3.63, 3.8) is 0 Å². The summed E-state index contributed by atoms with van der Waals surface area (Å²) < 4.78 is 16.0. The Morgan fingerprint density at radius 2 is 2.13 bits per heavy atom. The number of hydrogen-bond acceptors (Lipinski definition) is 6. The molecule has 0 spiro atoms. The van der Waals surface area contributed by atoms with Crippen LogP contribution >= 0.6 is 11.6 Å². The molecule has 30 heavy (non-hydrogen) atoms. The first-order valence-electron chi connectivity index (χ1n) is 9.39. The predicted octanol–water partition coefficient (Wildman–Crippen LogP) is 3.27. The molecule has 0 radical (unpaired) electrons. The lowest BCUT2D eigenvalue weighted by molar-refractivity contribution is -0.124. The Morgan fingerprint density at radius 1 is 1.30 bits per heavy atom. The number of anilines is 3. The molecule has 1 saturated carbocycles. The molecule has 5 rings (SSSR count). The average molecular weight is 427 g/mol. The van der Waals surface area contributed by atoms with Gasteiger partial charge in [-0.3, -0.25) is 14.9 Å². The van der Waals surface area contributed by atoms with E-state index in [1.807, 2.05) is 0 Å². The molecule has 1 aliphatic carbocycles. The molecule has 1 aliphatic heterocycles. The van der Waals surface area contributed by atoms with Crippen molar-refractivity contribution in [1.29, 1.82) is 0 Å². The molecule has 2 amide bonds. The van der Waals surface area contributed by atoms with E-state index in [9.17, 15) is 14.0 Å². The van der Waals surface area contributed by atoms with Crippen LogP contribution in [-0.4, -0.2) is 32.5 Å². The number of imide groups is 1. The summed E-state index contributed by atoms with van der Waals surface area (Å²) in [5.74, 6) is -0.269. The number of fused-ring (bicyclic) bond motifs is 1. The molecule has 2 aliphatic rings. The first kappa shape index (κ1) is 18.6. The molecule has 10 heteroatoms. The van der Waals surface area contributed by atoms with E-state index in [0.717, 1.165) is 12.8 Å². The second kappa shape index (κ2) is 7.10. The van der Waals surface area contributed by atoms with E-state index in [4.69, 9.17) is 11.6 Å². The SMILES string of the molecule is O=C1C/C(=C\c2cnn3c(NC4CC4)cc(Nc4cccc(Cl)c4F)nc23)C(=O)N1. The number of nitrogens with zero attached hydrogens (tertiary/aromatic N) is 3. The van der Waals surface area contributed by atoms with Crippen molar-refractivity contribution in [2.24, 2.45) is 0 Å². The standard InChI is InChI=1S/C20H16ClFN6O2/c21-13-2-1-3-14(18(13)22)25-15-8-16(24-12-4-5-12)28-19(26-15)11(9-23-28)6-10-7-17(29)27-20(10)30/h1-3,6,8-9,12,24H,4-5,7H2,(H,25,26)(H,27,29,30)/b10-6+. The topological polar surface area (TPSA) is 100 Å². The van der Waals surface area contributed by atoms with Gasteiger partial charge in [-0.25, -0.2) is 9.37 Å². The van der Waals surface area contributed by atoms with E-state index in [-0.39, 0.29) is 23.0 Å². The Kier molecular flexibility index (Phi) is 4.39. The van der Waals surface area contributed by atoms with E-state index in [0.29, 0.717) is 34.5 Å². The number of carbonyl (C=O) groups excluding carboxylic acids is 2. The second-order valence-corrected chi connectivity index (χ2v) is 7.64. The summed E-state index contributed by atoms with van der Waals surface area (Å²) in [6, 6.07) is 6.75. The fraction of sp³-hybridized carbons (Fsp3) is 0.200. The Bertz CT molecular complexity index is 1230. The van der Waals surface area contributed by atoms with E-state index in [1.165, 1.54) is 6.07 Å². The van der Waals surface area contributed by atoms with Gasteiger partial charge in [0.25, 0.3) is 5.91 Å². The smallest absolute Gasteiger partial charge is 0.254 e. The van der Waals surface area contributed by atoms with Gasteiger partial charge in [0.2, 0.25) is 5.91 Å². The summed E-state index contributed by atoms with van der Waals surface area (Å²) in [5, 5.41) is 13.0. The number of amides is 2. The van der Waals surface area contributed by atoms with Gasteiger partial charge in [0.05, 0.1) is 23.3 Å². The van der Waals surface area contributed by atoms with Gasteiger partial charge in [-0.2, -0.15) is 9.61 Å². The fourth-order valence-electron chi connectivity index (χ4n) is 3.23. The fourth-order valence-corrected chi connectivity index (χ4v) is 3.41. The van der Waals surface area contributed by atoms with E-state index >= 15 is 0 Å². The highest BCUT2D eigenvalue weighted by Gasteiger charge is 2.26. The molecule has 3 N–H and O–H groups in total. The summed E-state index contributed by atoms with van der Waals surface area (Å²) in [7, 11) is 0. The van der Waals surface area contributed by atoms with Crippen molar-refractivity contribution in [2.45, 2.75) is 25.3 Å². The number of benzene rings is 1. The number of hydrogen-bond donors (Lipinski definition) is 3. The minimum absolute atomic E-state index is 0.00379. The zero-order valence-electron chi connectivity index (χ0n) is 15.6. The Labute approximate surface area is 175 Å². The van der Waals surface area contributed by atoms with Crippen LogP contribution in [0.25, 0.3) is 11.7 Å². The first-order chi connectivity index (χ1) is 14.5. The van der Waals surface area contributed by atoms with Crippen molar-refractivity contribution in [2.75, 3.05) is 10.6 Å². The van der Waals surface area contributed by atoms with Crippen LogP contribution in [0.3, 0.4) is 0 Å². The number of halogens is 2. The monoisotopic (exact) mass is 426 g/mol. The summed E-state index contributed by atoms with van der Waals surface area (Å²) in [5.41, 5.74) is 1.57. The third-order valence-electron chi connectivity index (χ3n) is 4.87. The lowest BCUT2D eigenvalue weighted by Gasteiger charge is -2.12. The Hall–Kier alpha value is -3.46. The van der Waals surface area contributed by atoms with Gasteiger partial charge in [-0.15, -0.1) is 0 Å². The van der Waals surface area contributed by atoms with Crippen LogP contribution in [0, 0.1) is 5.82 Å². The van der Waals surface area contributed by atoms with Gasteiger partial charge in [-0.1, -0.05) is 17.7 Å². The van der Waals surface area contributed by atoms with Gasteiger partial charge in [-0.05, 0) is 31.1 Å². The summed E-state index contributed by atoms with van der Waals surface area (Å²) in [4.78, 5) is 28.0. The van der Waals surface area contributed by atoms with Crippen molar-refractivity contribution in [3.05, 3.63) is 52.4 Å². The molecule has 1 saturated heterocycles. The minimum Gasteiger partial charge on any atom is -0.367 e. The number of aromatic nitrogens is 3. The third kappa shape index (κ3) is 3.48. The van der Waals surface area contributed by atoms with Gasteiger partial charge in [0, 0.05) is 23.2 Å². The molecule has 0 unspecified atom stereocenters. The highest BCUT2D eigenvalue weighted by atomic mass is 35.5. The Balaban J connectivity index is 1.59. The molecule has 1 aromatic carbocycles. The lowest BCUT2D eigenvalue weighted by atomic mass is 10.1. The maximum Gasteiger partial charge on any atom is 0.254 e. The van der Waals surface area contributed by atoms with Crippen molar-refractivity contribution in [3.8, 4) is 0 Å². The molecular formula is C20H16ClFN6O2. The molecule has 2 fully saturated rings. The maximum absolute atomic E-state index is 14.4. The number of carbonyl (C=O) groups is 2. The summed E-state index contributed by atoms with van der Waals surface area (Å²) in [6.07, 6.45) is 5.29. The van der Waals surface area contributed by atoms with Crippen LogP contribution in [0.5, 0.6) is 0 Å². The zero-order valence-corrected chi connectivity index (χ0v) is 16.3. The predicted molar refractivity (Wildman–Crippen MR) is 110 cm³/mol. The lowest BCUT2D eigenvalue weighted by Crippen LogP contribution is -2.19. The molecule has 3 heterocycles. The summed E-state index contributed by atoms with van der Waals surface area (Å²) >= 11 is 5.88. The number of nitrogens with one attached hydrogen (secondary N) is 3. The highest BCUT2D eigenvalue weighted by Crippen LogP contribution is 2.30. The largest absolute Gasteiger partial charge is 0.367 e. The minimum atomic E-state index is -0.575. The number of rotatable bonds is 5. The molecule has 2 aromatic heterocycles. The van der Waals surface area contributed by atoms with Crippen LogP contribution in [-0.2, 0) is 9.59 Å². The van der Waals surface area contributed by atoms with E-state index < -0.39 is 11.7 Å². The van der Waals surface area contributed by atoms with E-state index in [2.05, 4.69) is 26.0 Å². The second-order valence-electron chi connectivity index (χ2n) is 7.23. The summed E-state index contributed by atoms with van der Waals surface area (Å²) in [6.45, 7) is 0. The quantitative estimate of drug-likeness (QED) is 0.427. The molecular weight excluding hydrogens is 411 g/mol. The van der Waals surface area contributed by atoms with Crippen LogP contribution < -0.4 is 16.0 Å². The average Bonchev–Trinajstić information content (AvgIpc) is 3.34. The molecule has 8 nitrogen and oxygen atoms in total. The molecule has 0 bridgehead atoms. The maximum atomic E-state index is 14.4. The van der Waals surface area contributed by atoms with Crippen molar-refractivity contribution < 1.29 is 14.0 Å². The molecule has 3 aromatic rings. The normalized spacial score (nSPS) is 17.6. The van der Waals surface area contributed by atoms with Crippen LogP contribution in [0.1, 0.15) is 24.8 Å². The zero-order chi connectivity index (χ0) is 20.8. The molecule has 0 atom stereocenters. The first-order valence-corrected chi connectivity index (χ1v) is 9.77. The van der Waals surface area contributed by atoms with Gasteiger partial charge < -0.3 is 10.6 Å². The Morgan fingerprint density at radius 3 is 2.87 bits per heavy atom. The van der Waals surface area contributed by atoms with Gasteiger partial charge >= 0.3 is 0 Å². The van der Waals surface area contributed by atoms with Crippen LogP contribution in [0.4, 0.5) is 21.7 Å². The van der Waals surface area contributed by atoms with Gasteiger partial charge in [0.1, 0.15) is 11.6 Å². The van der Waals surface area contributed by atoms with Crippen LogP contribution in [0.2, 0.25) is 5.02 Å². The van der Waals surface area contributed by atoms with Crippen molar-refractivity contribution >= 4 is 52.5 Å². The van der Waals surface area contributed by atoms with Crippen LogP contribution in [0.15, 0.2) is 36.0 Å². The van der Waals surface area contributed by atoms with Crippen molar-refractivity contribution in [1.82, 2.24) is 19.9 Å². The highest BCUT2D eigenvalue weighted by molar-refractivity contribution is 6.31. The third-order valence-corrected chi connectivity index (χ3v) is 5.16. The van der Waals surface area contributed by atoms with E-state index in [1.54, 1.807) is 35.0 Å². The van der Waals surface area contributed by atoms with Gasteiger partial charge in [0.15, 0.2) is 11.5 Å². The molecule has 152 valence electrons.